The van der Waals surface area contributed by atoms with Crippen molar-refractivity contribution in [1.82, 2.24) is 0 Å². The minimum absolute atomic E-state index is 0.529. The zero-order valence-electron chi connectivity index (χ0n) is 7.99. The van der Waals surface area contributed by atoms with Crippen molar-refractivity contribution < 1.29 is 0 Å². The lowest BCUT2D eigenvalue weighted by atomic mass is 9.74. The molecule has 0 aliphatic heterocycles. The molecule has 0 amide bonds. The van der Waals surface area contributed by atoms with Crippen LogP contribution in [0.4, 0.5) is 0 Å². The lowest BCUT2D eigenvalue weighted by Crippen LogP contribution is -2.22. The molecule has 0 aromatic rings. The van der Waals surface area contributed by atoms with Gasteiger partial charge in [-0.3, -0.25) is 0 Å². The van der Waals surface area contributed by atoms with E-state index in [0.29, 0.717) is 10.8 Å². The maximum Gasteiger partial charge on any atom is -0.0223 e. The van der Waals surface area contributed by atoms with Crippen molar-refractivity contribution in [3.05, 3.63) is 0 Å². The second-order valence-electron chi connectivity index (χ2n) is 4.86. The highest BCUT2D eigenvalue weighted by Gasteiger charge is 2.56. The van der Waals surface area contributed by atoms with E-state index in [4.69, 9.17) is 0 Å². The van der Waals surface area contributed by atoms with Crippen LogP contribution >= 0.6 is 0 Å². The van der Waals surface area contributed by atoms with Crippen LogP contribution in [0.25, 0.3) is 0 Å². The Labute approximate surface area is 65.0 Å². The zero-order valence-corrected chi connectivity index (χ0v) is 7.99. The molecule has 0 aromatic heterocycles. The maximum absolute atomic E-state index is 2.38. The SMILES string of the molecule is CCC1(C(C)(C)C)CC1C. The Morgan fingerprint density at radius 3 is 1.80 bits per heavy atom. The van der Waals surface area contributed by atoms with Crippen LogP contribution in [0, 0.1) is 16.7 Å². The summed E-state index contributed by atoms with van der Waals surface area (Å²) in [5, 5.41) is 0. The molecule has 0 heteroatoms. The fourth-order valence-electron chi connectivity index (χ4n) is 2.56. The molecule has 1 aliphatic rings. The van der Waals surface area contributed by atoms with Crippen molar-refractivity contribution in [2.75, 3.05) is 0 Å². The van der Waals surface area contributed by atoms with Gasteiger partial charge in [-0.05, 0) is 29.6 Å². The molecule has 1 rings (SSSR count). The van der Waals surface area contributed by atoms with Gasteiger partial charge in [0.05, 0.1) is 0 Å². The van der Waals surface area contributed by atoms with Gasteiger partial charge < -0.3 is 0 Å². The van der Waals surface area contributed by atoms with E-state index in [1.165, 1.54) is 12.8 Å². The Hall–Kier alpha value is 0. The summed E-state index contributed by atoms with van der Waals surface area (Å²) >= 11 is 0. The zero-order chi connectivity index (χ0) is 7.99. The molecule has 1 saturated carbocycles. The fourth-order valence-corrected chi connectivity index (χ4v) is 2.56. The Bertz CT molecular complexity index is 125. The summed E-state index contributed by atoms with van der Waals surface area (Å²) in [5.41, 5.74) is 1.22. The highest BCUT2D eigenvalue weighted by atomic mass is 14.6. The second-order valence-corrected chi connectivity index (χ2v) is 4.86. The van der Waals surface area contributed by atoms with Gasteiger partial charge in [-0.1, -0.05) is 34.6 Å². The van der Waals surface area contributed by atoms with Gasteiger partial charge >= 0.3 is 0 Å². The molecule has 1 fully saturated rings. The summed E-state index contributed by atoms with van der Waals surface area (Å²) in [4.78, 5) is 0. The molecular weight excluding hydrogens is 120 g/mol. The lowest BCUT2D eigenvalue weighted by Gasteiger charge is -2.31. The molecule has 2 unspecified atom stereocenters. The maximum atomic E-state index is 2.38. The molecule has 0 radical (unpaired) electrons. The van der Waals surface area contributed by atoms with Crippen molar-refractivity contribution >= 4 is 0 Å². The standard InChI is InChI=1S/C10H20/c1-6-10(7-8(10)2)9(3,4)5/h8H,6-7H2,1-5H3. The minimum atomic E-state index is 0.529. The topological polar surface area (TPSA) is 0 Å². The normalized spacial score (nSPS) is 39.9. The summed E-state index contributed by atoms with van der Waals surface area (Å²) in [7, 11) is 0. The summed E-state index contributed by atoms with van der Waals surface area (Å²) in [6.07, 6.45) is 2.81. The largest absolute Gasteiger partial charge is 0.0648 e. The molecule has 10 heavy (non-hydrogen) atoms. The van der Waals surface area contributed by atoms with Crippen molar-refractivity contribution in [1.29, 1.82) is 0 Å². The van der Waals surface area contributed by atoms with E-state index in [-0.39, 0.29) is 0 Å². The van der Waals surface area contributed by atoms with Crippen LogP contribution in [0.3, 0.4) is 0 Å². The molecular formula is C10H20. The fraction of sp³-hybridized carbons (Fsp3) is 1.00. The Morgan fingerprint density at radius 1 is 1.40 bits per heavy atom. The molecule has 0 saturated heterocycles. The van der Waals surface area contributed by atoms with Crippen LogP contribution in [-0.2, 0) is 0 Å². The van der Waals surface area contributed by atoms with E-state index < -0.39 is 0 Å². The van der Waals surface area contributed by atoms with Gasteiger partial charge in [-0.2, -0.15) is 0 Å². The van der Waals surface area contributed by atoms with Crippen LogP contribution in [0.5, 0.6) is 0 Å². The molecule has 0 nitrogen and oxygen atoms in total. The molecule has 2 atom stereocenters. The molecule has 60 valence electrons. The molecule has 0 bridgehead atoms. The van der Waals surface area contributed by atoms with Crippen molar-refractivity contribution in [3.63, 3.8) is 0 Å². The first-order valence-electron chi connectivity index (χ1n) is 4.44. The van der Waals surface area contributed by atoms with Crippen LogP contribution in [0.15, 0.2) is 0 Å². The van der Waals surface area contributed by atoms with Gasteiger partial charge in [0.1, 0.15) is 0 Å². The Kier molecular flexibility index (Phi) is 1.61. The van der Waals surface area contributed by atoms with Gasteiger partial charge in [0.15, 0.2) is 0 Å². The van der Waals surface area contributed by atoms with Gasteiger partial charge in [-0.25, -0.2) is 0 Å². The molecule has 0 N–H and O–H groups in total. The first-order valence-corrected chi connectivity index (χ1v) is 4.44. The Balaban J connectivity index is 2.69. The highest BCUT2D eigenvalue weighted by Crippen LogP contribution is 2.64. The van der Waals surface area contributed by atoms with E-state index in [9.17, 15) is 0 Å². The summed E-state index contributed by atoms with van der Waals surface area (Å²) in [5.74, 6) is 0.970. The van der Waals surface area contributed by atoms with E-state index in [1.54, 1.807) is 0 Å². The van der Waals surface area contributed by atoms with Crippen molar-refractivity contribution in [2.24, 2.45) is 16.7 Å². The smallest absolute Gasteiger partial charge is 0.0223 e. The lowest BCUT2D eigenvalue weighted by molar-refractivity contribution is 0.188. The highest BCUT2D eigenvalue weighted by molar-refractivity contribution is 5.05. The third-order valence-corrected chi connectivity index (χ3v) is 3.58. The van der Waals surface area contributed by atoms with E-state index in [2.05, 4.69) is 34.6 Å². The summed E-state index contributed by atoms with van der Waals surface area (Å²) in [6.45, 7) is 11.8. The third-order valence-electron chi connectivity index (χ3n) is 3.58. The van der Waals surface area contributed by atoms with E-state index in [1.807, 2.05) is 0 Å². The molecule has 1 aliphatic carbocycles. The third kappa shape index (κ3) is 0.889. The monoisotopic (exact) mass is 140 g/mol. The van der Waals surface area contributed by atoms with Crippen LogP contribution in [-0.4, -0.2) is 0 Å². The summed E-state index contributed by atoms with van der Waals surface area (Å²) < 4.78 is 0. The average Bonchev–Trinajstić information content (AvgIpc) is 2.40. The first-order chi connectivity index (χ1) is 4.44. The summed E-state index contributed by atoms with van der Waals surface area (Å²) in [6, 6.07) is 0. The number of hydrogen-bond donors (Lipinski definition) is 0. The molecule has 0 heterocycles. The number of hydrogen-bond acceptors (Lipinski definition) is 0. The van der Waals surface area contributed by atoms with Gasteiger partial charge in [-0.15, -0.1) is 0 Å². The van der Waals surface area contributed by atoms with Crippen LogP contribution in [0.2, 0.25) is 0 Å². The van der Waals surface area contributed by atoms with Crippen molar-refractivity contribution in [2.45, 2.75) is 47.5 Å². The van der Waals surface area contributed by atoms with Gasteiger partial charge in [0.2, 0.25) is 0 Å². The van der Waals surface area contributed by atoms with Gasteiger partial charge in [0.25, 0.3) is 0 Å². The predicted molar refractivity (Wildman–Crippen MR) is 46.0 cm³/mol. The average molecular weight is 140 g/mol. The Morgan fingerprint density at radius 2 is 1.80 bits per heavy atom. The minimum Gasteiger partial charge on any atom is -0.0648 e. The second kappa shape index (κ2) is 1.99. The first kappa shape index (κ1) is 8.10. The molecule has 0 aromatic carbocycles. The predicted octanol–water partition coefficient (Wildman–Crippen LogP) is 3.47. The van der Waals surface area contributed by atoms with Crippen LogP contribution < -0.4 is 0 Å². The van der Waals surface area contributed by atoms with Crippen molar-refractivity contribution in [3.8, 4) is 0 Å². The van der Waals surface area contributed by atoms with E-state index >= 15 is 0 Å². The number of rotatable bonds is 1. The van der Waals surface area contributed by atoms with Crippen LogP contribution in [0.1, 0.15) is 47.5 Å². The van der Waals surface area contributed by atoms with E-state index in [0.717, 1.165) is 5.92 Å². The molecule has 0 spiro atoms. The quantitative estimate of drug-likeness (QED) is 0.523. The van der Waals surface area contributed by atoms with Gasteiger partial charge in [0, 0.05) is 0 Å².